The van der Waals surface area contributed by atoms with E-state index in [0.717, 1.165) is 5.56 Å². The summed E-state index contributed by atoms with van der Waals surface area (Å²) in [6.45, 7) is 0.918. The van der Waals surface area contributed by atoms with Crippen molar-refractivity contribution < 1.29 is 14.4 Å². The summed E-state index contributed by atoms with van der Waals surface area (Å²) in [6.07, 6.45) is 1.57. The fourth-order valence-corrected chi connectivity index (χ4v) is 3.83. The Labute approximate surface area is 145 Å². The number of hydrogen-bond donors (Lipinski definition) is 4. The molecule has 1 aromatic rings. The second kappa shape index (κ2) is 6.12. The fraction of sp³-hybridized carbons (Fsp3) is 0.471. The molecule has 0 bridgehead atoms. The molecule has 3 heterocycles. The van der Waals surface area contributed by atoms with E-state index in [2.05, 4.69) is 21.5 Å². The van der Waals surface area contributed by atoms with Crippen LogP contribution < -0.4 is 21.5 Å². The minimum atomic E-state index is -0.845. The summed E-state index contributed by atoms with van der Waals surface area (Å²) in [7, 11) is 0. The number of hydrogen-bond acceptors (Lipinski definition) is 5. The van der Waals surface area contributed by atoms with Gasteiger partial charge in [0.1, 0.15) is 11.6 Å². The van der Waals surface area contributed by atoms with Crippen LogP contribution in [0.1, 0.15) is 30.9 Å². The number of piperidine rings is 1. The van der Waals surface area contributed by atoms with Crippen molar-refractivity contribution in [1.82, 2.24) is 26.4 Å². The number of imide groups is 1. The van der Waals surface area contributed by atoms with Crippen LogP contribution in [0.15, 0.2) is 30.3 Å². The van der Waals surface area contributed by atoms with Crippen molar-refractivity contribution in [2.24, 2.45) is 0 Å². The largest absolute Gasteiger partial charge is 0.341 e. The van der Waals surface area contributed by atoms with Crippen molar-refractivity contribution in [3.63, 3.8) is 0 Å². The van der Waals surface area contributed by atoms with Crippen LogP contribution in [-0.4, -0.2) is 47.4 Å². The molecule has 3 saturated heterocycles. The number of nitrogens with one attached hydrogen (secondary N) is 4. The summed E-state index contributed by atoms with van der Waals surface area (Å²) in [5, 5.41) is 5.00. The van der Waals surface area contributed by atoms with Gasteiger partial charge in [0, 0.05) is 19.1 Å². The highest BCUT2D eigenvalue weighted by Gasteiger charge is 2.49. The summed E-state index contributed by atoms with van der Waals surface area (Å²) in [4.78, 5) is 37.9. The molecule has 8 nitrogen and oxygen atoms in total. The third-order valence-electron chi connectivity index (χ3n) is 5.35. The zero-order chi connectivity index (χ0) is 17.4. The topological polar surface area (TPSA) is 103 Å². The van der Waals surface area contributed by atoms with Gasteiger partial charge in [0.15, 0.2) is 0 Å². The van der Waals surface area contributed by atoms with E-state index in [9.17, 15) is 14.4 Å². The van der Waals surface area contributed by atoms with Gasteiger partial charge in [-0.05, 0) is 24.8 Å². The molecule has 0 aliphatic carbocycles. The normalized spacial score (nSPS) is 28.1. The van der Waals surface area contributed by atoms with Crippen LogP contribution in [0.3, 0.4) is 0 Å². The monoisotopic (exact) mass is 343 g/mol. The van der Waals surface area contributed by atoms with Gasteiger partial charge in [0.25, 0.3) is 5.91 Å². The quantitative estimate of drug-likeness (QED) is 0.557. The Morgan fingerprint density at radius 2 is 1.80 bits per heavy atom. The summed E-state index contributed by atoms with van der Waals surface area (Å²) in [5.74, 6) is -0.250. The highest BCUT2D eigenvalue weighted by atomic mass is 16.2. The zero-order valence-corrected chi connectivity index (χ0v) is 13.7. The van der Waals surface area contributed by atoms with E-state index in [-0.39, 0.29) is 23.9 Å². The molecule has 0 aromatic heterocycles. The number of urea groups is 1. The Hall–Kier alpha value is -2.45. The van der Waals surface area contributed by atoms with E-state index in [1.54, 1.807) is 4.90 Å². The molecule has 8 heteroatoms. The SMILES string of the molecule is O=C1NC(=O)C2(CCN(C(=O)C3CC(c4ccccc4)NN3)CC2)N1. The molecule has 3 aliphatic heterocycles. The first-order chi connectivity index (χ1) is 12.1. The van der Waals surface area contributed by atoms with Gasteiger partial charge in [-0.25, -0.2) is 15.6 Å². The first kappa shape index (κ1) is 16.0. The summed E-state index contributed by atoms with van der Waals surface area (Å²) in [5.41, 5.74) is 6.58. The van der Waals surface area contributed by atoms with E-state index in [1.807, 2.05) is 30.3 Å². The minimum absolute atomic E-state index is 0.0329. The lowest BCUT2D eigenvalue weighted by atomic mass is 9.87. The van der Waals surface area contributed by atoms with Crippen molar-refractivity contribution in [3.05, 3.63) is 35.9 Å². The maximum absolute atomic E-state index is 12.8. The molecule has 1 spiro atoms. The van der Waals surface area contributed by atoms with Crippen molar-refractivity contribution in [3.8, 4) is 0 Å². The Kier molecular flexibility index (Phi) is 3.93. The first-order valence-corrected chi connectivity index (χ1v) is 8.56. The van der Waals surface area contributed by atoms with Gasteiger partial charge >= 0.3 is 6.03 Å². The molecular formula is C17H21N5O3. The van der Waals surface area contributed by atoms with Gasteiger partial charge in [-0.15, -0.1) is 0 Å². The highest BCUT2D eigenvalue weighted by Crippen LogP contribution is 2.28. The summed E-state index contributed by atoms with van der Waals surface area (Å²) >= 11 is 0. The number of carbonyl (C=O) groups excluding carboxylic acids is 3. The summed E-state index contributed by atoms with van der Waals surface area (Å²) < 4.78 is 0. The van der Waals surface area contributed by atoms with Gasteiger partial charge in [-0.3, -0.25) is 14.9 Å². The predicted octanol–water partition coefficient (Wildman–Crippen LogP) is -0.205. The molecule has 1 aromatic carbocycles. The van der Waals surface area contributed by atoms with Gasteiger partial charge in [0.05, 0.1) is 0 Å². The fourth-order valence-electron chi connectivity index (χ4n) is 3.83. The lowest BCUT2D eigenvalue weighted by molar-refractivity contribution is -0.137. The van der Waals surface area contributed by atoms with Crippen LogP contribution in [0.5, 0.6) is 0 Å². The lowest BCUT2D eigenvalue weighted by Crippen LogP contribution is -2.57. The van der Waals surface area contributed by atoms with Crippen LogP contribution in [-0.2, 0) is 9.59 Å². The molecule has 4 amide bonds. The Morgan fingerprint density at radius 1 is 1.08 bits per heavy atom. The predicted molar refractivity (Wildman–Crippen MR) is 89.1 cm³/mol. The molecule has 0 radical (unpaired) electrons. The second-order valence-corrected chi connectivity index (χ2v) is 6.86. The Bertz CT molecular complexity index is 699. The van der Waals surface area contributed by atoms with E-state index in [1.165, 1.54) is 0 Å². The molecule has 3 aliphatic rings. The van der Waals surface area contributed by atoms with Crippen LogP contribution >= 0.6 is 0 Å². The van der Waals surface area contributed by atoms with E-state index in [4.69, 9.17) is 0 Å². The third kappa shape index (κ3) is 2.87. The maximum atomic E-state index is 12.8. The van der Waals surface area contributed by atoms with Crippen LogP contribution in [0.2, 0.25) is 0 Å². The molecule has 132 valence electrons. The molecule has 2 unspecified atom stereocenters. The molecule has 4 N–H and O–H groups in total. The third-order valence-corrected chi connectivity index (χ3v) is 5.35. The molecule has 3 fully saturated rings. The van der Waals surface area contributed by atoms with Crippen molar-refractivity contribution >= 4 is 17.8 Å². The number of rotatable bonds is 2. The molecule has 4 rings (SSSR count). The van der Waals surface area contributed by atoms with Gasteiger partial charge < -0.3 is 10.2 Å². The molecule has 25 heavy (non-hydrogen) atoms. The number of carbonyl (C=O) groups is 3. The number of hydrazine groups is 1. The van der Waals surface area contributed by atoms with E-state index in [0.29, 0.717) is 32.4 Å². The van der Waals surface area contributed by atoms with Crippen molar-refractivity contribution in [2.75, 3.05) is 13.1 Å². The standard InChI is InChI=1S/C17H21N5O3/c23-14(13-10-12(20-21-13)11-4-2-1-3-5-11)22-8-6-17(7-9-22)15(24)18-16(25)19-17/h1-5,12-13,20-21H,6-10H2,(H2,18,19,24,25). The molecule has 2 atom stereocenters. The average molecular weight is 343 g/mol. The summed E-state index contributed by atoms with van der Waals surface area (Å²) in [6, 6.07) is 9.38. The van der Waals surface area contributed by atoms with Crippen LogP contribution in [0, 0.1) is 0 Å². The van der Waals surface area contributed by atoms with Crippen LogP contribution in [0.4, 0.5) is 4.79 Å². The molecule has 0 saturated carbocycles. The lowest BCUT2D eigenvalue weighted by Gasteiger charge is -2.37. The average Bonchev–Trinajstić information content (AvgIpc) is 3.21. The van der Waals surface area contributed by atoms with E-state index < -0.39 is 11.6 Å². The van der Waals surface area contributed by atoms with E-state index >= 15 is 0 Å². The number of benzene rings is 1. The van der Waals surface area contributed by atoms with Crippen molar-refractivity contribution in [2.45, 2.75) is 36.9 Å². The maximum Gasteiger partial charge on any atom is 0.322 e. The second-order valence-electron chi connectivity index (χ2n) is 6.86. The smallest absolute Gasteiger partial charge is 0.322 e. The Morgan fingerprint density at radius 3 is 2.44 bits per heavy atom. The zero-order valence-electron chi connectivity index (χ0n) is 13.7. The Balaban J connectivity index is 1.35. The first-order valence-electron chi connectivity index (χ1n) is 8.56. The number of amides is 4. The van der Waals surface area contributed by atoms with Gasteiger partial charge in [0.2, 0.25) is 5.91 Å². The number of likely N-dealkylation sites (tertiary alicyclic amines) is 1. The molecular weight excluding hydrogens is 322 g/mol. The highest BCUT2D eigenvalue weighted by molar-refractivity contribution is 6.07. The number of nitrogens with zero attached hydrogens (tertiary/aromatic N) is 1. The van der Waals surface area contributed by atoms with Gasteiger partial charge in [-0.2, -0.15) is 0 Å². The van der Waals surface area contributed by atoms with Gasteiger partial charge in [-0.1, -0.05) is 30.3 Å². The van der Waals surface area contributed by atoms with Crippen molar-refractivity contribution in [1.29, 1.82) is 0 Å². The minimum Gasteiger partial charge on any atom is -0.341 e. The van der Waals surface area contributed by atoms with Crippen LogP contribution in [0.25, 0.3) is 0 Å².